The van der Waals surface area contributed by atoms with Crippen LogP contribution in [0.1, 0.15) is 12.0 Å². The van der Waals surface area contributed by atoms with Crippen molar-refractivity contribution in [3.8, 4) is 0 Å². The van der Waals surface area contributed by atoms with E-state index in [0.29, 0.717) is 6.42 Å². The van der Waals surface area contributed by atoms with Crippen LogP contribution < -0.4 is 0 Å². The van der Waals surface area contributed by atoms with Gasteiger partial charge >= 0.3 is 5.97 Å². The molecule has 0 saturated heterocycles. The van der Waals surface area contributed by atoms with Gasteiger partial charge in [0, 0.05) is 0 Å². The molecular formula is C10H11BrO2. The van der Waals surface area contributed by atoms with E-state index >= 15 is 0 Å². The minimum absolute atomic E-state index is 0.437. The third kappa shape index (κ3) is 3.59. The first-order valence-electron chi connectivity index (χ1n) is 4.11. The van der Waals surface area contributed by atoms with Crippen LogP contribution in [0, 0.1) is 0 Å². The van der Waals surface area contributed by atoms with Gasteiger partial charge in [-0.05, 0) is 18.4 Å². The van der Waals surface area contributed by atoms with Crippen molar-refractivity contribution in [1.82, 2.24) is 0 Å². The Balaban J connectivity index is 2.39. The summed E-state index contributed by atoms with van der Waals surface area (Å²) < 4.78 is 0. The molecule has 70 valence electrons. The van der Waals surface area contributed by atoms with E-state index in [1.54, 1.807) is 0 Å². The zero-order chi connectivity index (χ0) is 9.68. The van der Waals surface area contributed by atoms with E-state index in [1.165, 1.54) is 5.56 Å². The fourth-order valence-corrected chi connectivity index (χ4v) is 1.29. The van der Waals surface area contributed by atoms with Gasteiger partial charge in [-0.25, -0.2) is 0 Å². The molecule has 0 saturated carbocycles. The number of benzene rings is 1. The van der Waals surface area contributed by atoms with Crippen molar-refractivity contribution < 1.29 is 9.90 Å². The molecule has 0 heterocycles. The van der Waals surface area contributed by atoms with Gasteiger partial charge in [0.1, 0.15) is 4.83 Å². The van der Waals surface area contributed by atoms with Gasteiger partial charge in [-0.3, -0.25) is 4.79 Å². The molecule has 0 aliphatic carbocycles. The molecule has 3 heteroatoms. The van der Waals surface area contributed by atoms with Crippen molar-refractivity contribution in [3.05, 3.63) is 35.9 Å². The zero-order valence-corrected chi connectivity index (χ0v) is 8.70. The molecule has 0 aliphatic rings. The molecule has 0 amide bonds. The number of aryl methyl sites for hydroxylation is 1. The lowest BCUT2D eigenvalue weighted by atomic mass is 10.1. The van der Waals surface area contributed by atoms with Gasteiger partial charge in [0.15, 0.2) is 0 Å². The summed E-state index contributed by atoms with van der Waals surface area (Å²) in [5, 5.41) is 8.61. The van der Waals surface area contributed by atoms with Crippen molar-refractivity contribution in [2.24, 2.45) is 0 Å². The second-order valence-corrected chi connectivity index (χ2v) is 3.94. The first-order chi connectivity index (χ1) is 6.20. The van der Waals surface area contributed by atoms with Gasteiger partial charge in [-0.15, -0.1) is 0 Å². The summed E-state index contributed by atoms with van der Waals surface area (Å²) in [6.07, 6.45) is 1.42. The maximum Gasteiger partial charge on any atom is 0.317 e. The Morgan fingerprint density at radius 2 is 2.00 bits per heavy atom. The van der Waals surface area contributed by atoms with Crippen LogP contribution in [0.25, 0.3) is 0 Å². The normalized spacial score (nSPS) is 12.4. The molecule has 1 atom stereocenters. The minimum Gasteiger partial charge on any atom is -0.480 e. The van der Waals surface area contributed by atoms with Gasteiger partial charge in [-0.1, -0.05) is 46.3 Å². The lowest BCUT2D eigenvalue weighted by Crippen LogP contribution is -2.13. The summed E-state index contributed by atoms with van der Waals surface area (Å²) >= 11 is 3.10. The van der Waals surface area contributed by atoms with Crippen LogP contribution in [0.4, 0.5) is 0 Å². The summed E-state index contributed by atoms with van der Waals surface area (Å²) in [7, 11) is 0. The average molecular weight is 243 g/mol. The molecule has 0 bridgehead atoms. The van der Waals surface area contributed by atoms with Crippen LogP contribution in [0.15, 0.2) is 30.3 Å². The van der Waals surface area contributed by atoms with E-state index in [9.17, 15) is 4.79 Å². The number of halogens is 1. The predicted octanol–water partition coefficient (Wildman–Crippen LogP) is 2.47. The largest absolute Gasteiger partial charge is 0.480 e. The number of hydrogen-bond donors (Lipinski definition) is 1. The summed E-state index contributed by atoms with van der Waals surface area (Å²) in [5.74, 6) is -0.795. The first-order valence-corrected chi connectivity index (χ1v) is 5.02. The molecule has 2 nitrogen and oxygen atoms in total. The van der Waals surface area contributed by atoms with Crippen LogP contribution in [0.2, 0.25) is 0 Å². The first kappa shape index (κ1) is 10.3. The molecule has 0 radical (unpaired) electrons. The van der Waals surface area contributed by atoms with Crippen LogP contribution in [-0.4, -0.2) is 15.9 Å². The standard InChI is InChI=1S/C10H11BrO2/c11-9(10(12)13)7-6-8-4-2-1-3-5-8/h1-5,9H,6-7H2,(H,12,13). The van der Waals surface area contributed by atoms with E-state index in [0.717, 1.165) is 6.42 Å². The highest BCUT2D eigenvalue weighted by Crippen LogP contribution is 2.10. The number of carbonyl (C=O) groups is 1. The van der Waals surface area contributed by atoms with Gasteiger partial charge < -0.3 is 5.11 Å². The number of carboxylic acids is 1. The van der Waals surface area contributed by atoms with Crippen LogP contribution in [0.3, 0.4) is 0 Å². The predicted molar refractivity (Wildman–Crippen MR) is 55.1 cm³/mol. The number of hydrogen-bond acceptors (Lipinski definition) is 1. The molecule has 0 aromatic heterocycles. The number of carboxylic acid groups (broad SMARTS) is 1. The zero-order valence-electron chi connectivity index (χ0n) is 7.11. The number of aliphatic carboxylic acids is 1. The van der Waals surface area contributed by atoms with Gasteiger partial charge in [0.05, 0.1) is 0 Å². The van der Waals surface area contributed by atoms with Gasteiger partial charge in [0.2, 0.25) is 0 Å². The smallest absolute Gasteiger partial charge is 0.317 e. The quantitative estimate of drug-likeness (QED) is 0.825. The Hall–Kier alpha value is -0.830. The summed E-state index contributed by atoms with van der Waals surface area (Å²) in [6.45, 7) is 0. The van der Waals surface area contributed by atoms with Crippen LogP contribution in [0.5, 0.6) is 0 Å². The lowest BCUT2D eigenvalue weighted by Gasteiger charge is -2.03. The Morgan fingerprint density at radius 1 is 1.38 bits per heavy atom. The summed E-state index contributed by atoms with van der Waals surface area (Å²) in [6, 6.07) is 9.87. The monoisotopic (exact) mass is 242 g/mol. The SMILES string of the molecule is O=C(O)C(Br)CCc1ccccc1. The molecule has 1 aromatic rings. The molecule has 0 spiro atoms. The summed E-state index contributed by atoms with van der Waals surface area (Å²) in [4.78, 5) is 10.0. The van der Waals surface area contributed by atoms with Gasteiger partial charge in [-0.2, -0.15) is 0 Å². The van der Waals surface area contributed by atoms with E-state index < -0.39 is 10.8 Å². The van der Waals surface area contributed by atoms with Crippen LogP contribution >= 0.6 is 15.9 Å². The molecule has 1 N–H and O–H groups in total. The maximum absolute atomic E-state index is 10.5. The van der Waals surface area contributed by atoms with E-state index in [4.69, 9.17) is 5.11 Å². The Morgan fingerprint density at radius 3 is 2.54 bits per heavy atom. The molecule has 1 aromatic carbocycles. The number of rotatable bonds is 4. The molecule has 0 aliphatic heterocycles. The molecule has 13 heavy (non-hydrogen) atoms. The second-order valence-electron chi connectivity index (χ2n) is 2.83. The average Bonchev–Trinajstić information content (AvgIpc) is 2.15. The van der Waals surface area contributed by atoms with E-state index in [1.807, 2.05) is 30.3 Å². The Bertz CT molecular complexity index is 272. The third-order valence-electron chi connectivity index (χ3n) is 1.80. The van der Waals surface area contributed by atoms with Crippen molar-refractivity contribution in [3.63, 3.8) is 0 Å². The minimum atomic E-state index is -0.795. The molecule has 1 unspecified atom stereocenters. The lowest BCUT2D eigenvalue weighted by molar-refractivity contribution is -0.136. The molecule has 0 fully saturated rings. The third-order valence-corrected chi connectivity index (χ3v) is 2.65. The molecule has 1 rings (SSSR count). The highest BCUT2D eigenvalue weighted by Gasteiger charge is 2.11. The second kappa shape index (κ2) is 5.02. The fourth-order valence-electron chi connectivity index (χ4n) is 1.06. The van der Waals surface area contributed by atoms with E-state index in [2.05, 4.69) is 15.9 Å². The number of alkyl halides is 1. The van der Waals surface area contributed by atoms with E-state index in [-0.39, 0.29) is 0 Å². The summed E-state index contributed by atoms with van der Waals surface area (Å²) in [5.41, 5.74) is 1.17. The Labute approximate surface area is 85.7 Å². The molecular weight excluding hydrogens is 232 g/mol. The van der Waals surface area contributed by atoms with Crippen molar-refractivity contribution in [2.75, 3.05) is 0 Å². The topological polar surface area (TPSA) is 37.3 Å². The van der Waals surface area contributed by atoms with Crippen molar-refractivity contribution in [2.45, 2.75) is 17.7 Å². The maximum atomic E-state index is 10.5. The Kier molecular flexibility index (Phi) is 3.96. The van der Waals surface area contributed by atoms with Gasteiger partial charge in [0.25, 0.3) is 0 Å². The fraction of sp³-hybridized carbons (Fsp3) is 0.300. The highest BCUT2D eigenvalue weighted by molar-refractivity contribution is 9.10. The van der Waals surface area contributed by atoms with Crippen molar-refractivity contribution in [1.29, 1.82) is 0 Å². The highest BCUT2D eigenvalue weighted by atomic mass is 79.9. The van der Waals surface area contributed by atoms with Crippen molar-refractivity contribution >= 4 is 21.9 Å². The van der Waals surface area contributed by atoms with Crippen LogP contribution in [-0.2, 0) is 11.2 Å².